The average Bonchev–Trinajstić information content (AvgIpc) is 2.97. The molecule has 1 atom stereocenters. The molecule has 0 aliphatic carbocycles. The van der Waals surface area contributed by atoms with Crippen LogP contribution in [-0.4, -0.2) is 30.2 Å². The Bertz CT molecular complexity index is 603. The normalized spacial score (nSPS) is 18.0. The van der Waals surface area contributed by atoms with Gasteiger partial charge in [0.05, 0.1) is 13.3 Å². The van der Waals surface area contributed by atoms with Gasteiger partial charge in [-0.05, 0) is 36.5 Å². The number of aromatic nitrogens is 2. The van der Waals surface area contributed by atoms with Crippen LogP contribution in [0.25, 0.3) is 0 Å². The van der Waals surface area contributed by atoms with E-state index in [1.807, 2.05) is 17.0 Å². The first-order chi connectivity index (χ1) is 10.3. The molecule has 0 amide bonds. The fourth-order valence-corrected chi connectivity index (χ4v) is 2.83. The number of ether oxygens (including phenoxy) is 1. The second kappa shape index (κ2) is 6.08. The molecule has 2 aromatic rings. The molecule has 0 radical (unpaired) electrons. The van der Waals surface area contributed by atoms with E-state index in [1.54, 1.807) is 7.11 Å². The maximum absolute atomic E-state index is 13.7. The van der Waals surface area contributed by atoms with Crippen molar-refractivity contribution in [2.24, 2.45) is 5.92 Å². The van der Waals surface area contributed by atoms with Gasteiger partial charge in [0.15, 0.2) is 11.6 Å². The van der Waals surface area contributed by atoms with Crippen LogP contribution < -0.4 is 9.64 Å². The van der Waals surface area contributed by atoms with Crippen molar-refractivity contribution >= 4 is 5.82 Å². The second-order valence-electron chi connectivity index (χ2n) is 5.35. The van der Waals surface area contributed by atoms with Crippen molar-refractivity contribution in [1.29, 1.82) is 0 Å². The van der Waals surface area contributed by atoms with Crippen molar-refractivity contribution < 1.29 is 9.13 Å². The molecule has 110 valence electrons. The standard InChI is InChI=1S/C16H18FN3O/c1-21-14-4-2-12(3-5-14)8-13-6-7-20(10-13)16-15(17)9-18-11-19-16/h2-5,9,11,13H,6-8,10H2,1H3. The van der Waals surface area contributed by atoms with E-state index in [4.69, 9.17) is 4.74 Å². The monoisotopic (exact) mass is 287 g/mol. The summed E-state index contributed by atoms with van der Waals surface area (Å²) in [5.74, 6) is 1.47. The molecular weight excluding hydrogens is 269 g/mol. The van der Waals surface area contributed by atoms with Gasteiger partial charge in [0, 0.05) is 13.1 Å². The molecule has 1 aliphatic rings. The number of halogens is 1. The van der Waals surface area contributed by atoms with Gasteiger partial charge in [-0.15, -0.1) is 0 Å². The van der Waals surface area contributed by atoms with Crippen molar-refractivity contribution in [3.05, 3.63) is 48.2 Å². The number of rotatable bonds is 4. The lowest BCUT2D eigenvalue weighted by molar-refractivity contribution is 0.414. The summed E-state index contributed by atoms with van der Waals surface area (Å²) >= 11 is 0. The highest BCUT2D eigenvalue weighted by Gasteiger charge is 2.25. The third kappa shape index (κ3) is 3.12. The van der Waals surface area contributed by atoms with Crippen LogP contribution in [0.1, 0.15) is 12.0 Å². The highest BCUT2D eigenvalue weighted by Crippen LogP contribution is 2.26. The molecule has 0 bridgehead atoms. The van der Waals surface area contributed by atoms with Crippen molar-refractivity contribution in [3.8, 4) is 5.75 Å². The third-order valence-corrected chi connectivity index (χ3v) is 3.92. The van der Waals surface area contributed by atoms with E-state index in [-0.39, 0.29) is 5.82 Å². The minimum atomic E-state index is -0.345. The highest BCUT2D eigenvalue weighted by atomic mass is 19.1. The summed E-state index contributed by atoms with van der Waals surface area (Å²) < 4.78 is 18.9. The number of nitrogens with zero attached hydrogens (tertiary/aromatic N) is 3. The van der Waals surface area contributed by atoms with Crippen LogP contribution in [0.2, 0.25) is 0 Å². The lowest BCUT2D eigenvalue weighted by Crippen LogP contribution is -2.22. The fraction of sp³-hybridized carbons (Fsp3) is 0.375. The van der Waals surface area contributed by atoms with Crippen molar-refractivity contribution in [3.63, 3.8) is 0 Å². The molecule has 1 unspecified atom stereocenters. The van der Waals surface area contributed by atoms with Crippen LogP contribution in [0.5, 0.6) is 5.75 Å². The summed E-state index contributed by atoms with van der Waals surface area (Å²) in [6.45, 7) is 1.68. The maximum Gasteiger partial charge on any atom is 0.183 e. The van der Waals surface area contributed by atoms with Gasteiger partial charge in [-0.3, -0.25) is 0 Å². The molecule has 1 aliphatic heterocycles. The lowest BCUT2D eigenvalue weighted by Gasteiger charge is -2.17. The quantitative estimate of drug-likeness (QED) is 0.866. The molecule has 1 aromatic heterocycles. The number of hydrogen-bond donors (Lipinski definition) is 0. The van der Waals surface area contributed by atoms with Gasteiger partial charge in [-0.1, -0.05) is 12.1 Å². The minimum Gasteiger partial charge on any atom is -0.497 e. The Morgan fingerprint density at radius 2 is 2.14 bits per heavy atom. The maximum atomic E-state index is 13.7. The molecule has 1 saturated heterocycles. The van der Waals surface area contributed by atoms with Crippen molar-refractivity contribution in [2.75, 3.05) is 25.1 Å². The predicted molar refractivity (Wildman–Crippen MR) is 79.0 cm³/mol. The molecular formula is C16H18FN3O. The summed E-state index contributed by atoms with van der Waals surface area (Å²) in [6.07, 6.45) is 4.66. The van der Waals surface area contributed by atoms with E-state index in [9.17, 15) is 4.39 Å². The first kappa shape index (κ1) is 13.8. The van der Waals surface area contributed by atoms with Crippen LogP contribution in [0.3, 0.4) is 0 Å². The zero-order valence-corrected chi connectivity index (χ0v) is 12.0. The molecule has 4 nitrogen and oxygen atoms in total. The van der Waals surface area contributed by atoms with E-state index in [2.05, 4.69) is 22.1 Å². The average molecular weight is 287 g/mol. The van der Waals surface area contributed by atoms with E-state index in [1.165, 1.54) is 18.1 Å². The van der Waals surface area contributed by atoms with E-state index >= 15 is 0 Å². The number of anilines is 1. The van der Waals surface area contributed by atoms with Gasteiger partial charge < -0.3 is 9.64 Å². The molecule has 5 heteroatoms. The van der Waals surface area contributed by atoms with Gasteiger partial charge in [0.2, 0.25) is 0 Å². The molecule has 1 fully saturated rings. The van der Waals surface area contributed by atoms with Gasteiger partial charge >= 0.3 is 0 Å². The third-order valence-electron chi connectivity index (χ3n) is 3.92. The van der Waals surface area contributed by atoms with Crippen LogP contribution in [0, 0.1) is 11.7 Å². The largest absolute Gasteiger partial charge is 0.497 e. The second-order valence-corrected chi connectivity index (χ2v) is 5.35. The Balaban J connectivity index is 1.63. The zero-order chi connectivity index (χ0) is 14.7. The smallest absolute Gasteiger partial charge is 0.183 e. The fourth-order valence-electron chi connectivity index (χ4n) is 2.83. The molecule has 3 rings (SSSR count). The van der Waals surface area contributed by atoms with Gasteiger partial charge in [0.1, 0.15) is 12.1 Å². The first-order valence-electron chi connectivity index (χ1n) is 7.09. The number of methoxy groups -OCH3 is 1. The van der Waals surface area contributed by atoms with Crippen molar-refractivity contribution in [2.45, 2.75) is 12.8 Å². The van der Waals surface area contributed by atoms with Gasteiger partial charge in [-0.2, -0.15) is 0 Å². The number of hydrogen-bond acceptors (Lipinski definition) is 4. The van der Waals surface area contributed by atoms with Crippen LogP contribution >= 0.6 is 0 Å². The Hall–Kier alpha value is -2.17. The predicted octanol–water partition coefficient (Wildman–Crippen LogP) is 2.69. The molecule has 2 heterocycles. The Morgan fingerprint density at radius 1 is 1.33 bits per heavy atom. The minimum absolute atomic E-state index is 0.345. The molecule has 0 N–H and O–H groups in total. The van der Waals surface area contributed by atoms with Gasteiger partial charge in [0.25, 0.3) is 0 Å². The number of benzene rings is 1. The summed E-state index contributed by atoms with van der Waals surface area (Å²) in [5.41, 5.74) is 1.28. The first-order valence-corrected chi connectivity index (χ1v) is 7.09. The summed E-state index contributed by atoms with van der Waals surface area (Å²) in [4.78, 5) is 9.75. The zero-order valence-electron chi connectivity index (χ0n) is 12.0. The lowest BCUT2D eigenvalue weighted by atomic mass is 9.99. The molecule has 0 saturated carbocycles. The Labute approximate surface area is 123 Å². The SMILES string of the molecule is COc1ccc(CC2CCN(c3ncncc3F)C2)cc1. The topological polar surface area (TPSA) is 38.2 Å². The van der Waals surface area contributed by atoms with E-state index in [0.29, 0.717) is 11.7 Å². The van der Waals surface area contributed by atoms with Crippen LogP contribution in [-0.2, 0) is 6.42 Å². The van der Waals surface area contributed by atoms with E-state index < -0.39 is 0 Å². The highest BCUT2D eigenvalue weighted by molar-refractivity contribution is 5.40. The Kier molecular flexibility index (Phi) is 3.99. The van der Waals surface area contributed by atoms with Crippen LogP contribution in [0.4, 0.5) is 10.2 Å². The van der Waals surface area contributed by atoms with Crippen LogP contribution in [0.15, 0.2) is 36.8 Å². The van der Waals surface area contributed by atoms with Gasteiger partial charge in [-0.25, -0.2) is 14.4 Å². The Morgan fingerprint density at radius 3 is 2.86 bits per heavy atom. The van der Waals surface area contributed by atoms with Crippen molar-refractivity contribution in [1.82, 2.24) is 9.97 Å². The van der Waals surface area contributed by atoms with E-state index in [0.717, 1.165) is 31.7 Å². The molecule has 21 heavy (non-hydrogen) atoms. The molecule has 1 aromatic carbocycles. The molecule has 0 spiro atoms. The summed E-state index contributed by atoms with van der Waals surface area (Å²) in [7, 11) is 1.67. The summed E-state index contributed by atoms with van der Waals surface area (Å²) in [5, 5.41) is 0. The summed E-state index contributed by atoms with van der Waals surface area (Å²) in [6, 6.07) is 8.14.